The van der Waals surface area contributed by atoms with Gasteiger partial charge in [-0.2, -0.15) is 5.26 Å². The number of halogens is 1. The second kappa shape index (κ2) is 7.56. The Morgan fingerprint density at radius 3 is 2.58 bits per heavy atom. The average molecular weight is 435 g/mol. The molecule has 0 atom stereocenters. The molecule has 0 saturated heterocycles. The van der Waals surface area contributed by atoms with Gasteiger partial charge >= 0.3 is 5.69 Å². The SMILES string of the molecule is N#C/C(=C\c1cc(I)c(O)c([N+](=O)[O-])c1)C(=O)Nc1ccccc1. The number of carbonyl (C=O) groups excluding carboxylic acids is 1. The van der Waals surface area contributed by atoms with Gasteiger partial charge in [-0.25, -0.2) is 0 Å². The summed E-state index contributed by atoms with van der Waals surface area (Å²) >= 11 is 1.74. The van der Waals surface area contributed by atoms with Gasteiger partial charge in [0, 0.05) is 11.8 Å². The fraction of sp³-hybridized carbons (Fsp3) is 0. The van der Waals surface area contributed by atoms with Crippen LogP contribution in [-0.2, 0) is 4.79 Å². The lowest BCUT2D eigenvalue weighted by Crippen LogP contribution is -2.13. The number of rotatable bonds is 4. The van der Waals surface area contributed by atoms with E-state index in [0.717, 1.165) is 6.07 Å². The normalized spacial score (nSPS) is 10.8. The summed E-state index contributed by atoms with van der Waals surface area (Å²) in [6.45, 7) is 0. The largest absolute Gasteiger partial charge is 0.501 e. The van der Waals surface area contributed by atoms with Gasteiger partial charge in [0.25, 0.3) is 5.91 Å². The van der Waals surface area contributed by atoms with Crippen LogP contribution in [0, 0.1) is 25.0 Å². The number of nitriles is 1. The van der Waals surface area contributed by atoms with Crippen molar-refractivity contribution in [2.24, 2.45) is 0 Å². The molecule has 24 heavy (non-hydrogen) atoms. The molecule has 0 bridgehead atoms. The van der Waals surface area contributed by atoms with Crippen LogP contribution in [0.5, 0.6) is 5.75 Å². The molecule has 0 radical (unpaired) electrons. The van der Waals surface area contributed by atoms with Crippen LogP contribution in [0.25, 0.3) is 6.08 Å². The zero-order valence-electron chi connectivity index (χ0n) is 12.1. The van der Waals surface area contributed by atoms with Crippen LogP contribution in [0.4, 0.5) is 11.4 Å². The van der Waals surface area contributed by atoms with E-state index in [2.05, 4.69) is 5.32 Å². The van der Waals surface area contributed by atoms with Gasteiger partial charge < -0.3 is 10.4 Å². The molecule has 0 aliphatic heterocycles. The molecule has 8 heteroatoms. The smallest absolute Gasteiger partial charge is 0.312 e. The molecule has 7 nitrogen and oxygen atoms in total. The lowest BCUT2D eigenvalue weighted by Gasteiger charge is -2.05. The number of anilines is 1. The van der Waals surface area contributed by atoms with Crippen molar-refractivity contribution in [2.75, 3.05) is 5.32 Å². The Hall–Kier alpha value is -2.93. The highest BCUT2D eigenvalue weighted by Crippen LogP contribution is 2.33. The van der Waals surface area contributed by atoms with E-state index in [1.54, 1.807) is 59.0 Å². The van der Waals surface area contributed by atoms with Crippen molar-refractivity contribution < 1.29 is 14.8 Å². The number of para-hydroxylation sites is 1. The molecular formula is C16H10IN3O4. The van der Waals surface area contributed by atoms with E-state index in [0.29, 0.717) is 5.69 Å². The minimum absolute atomic E-state index is 0.213. The van der Waals surface area contributed by atoms with Crippen LogP contribution in [0.1, 0.15) is 5.56 Å². The molecule has 2 rings (SSSR count). The molecule has 2 aromatic rings. The molecule has 0 spiro atoms. The number of aromatic hydroxyl groups is 1. The Labute approximate surface area is 150 Å². The number of hydrogen-bond acceptors (Lipinski definition) is 5. The van der Waals surface area contributed by atoms with Crippen LogP contribution in [0.2, 0.25) is 0 Å². The van der Waals surface area contributed by atoms with E-state index < -0.39 is 22.3 Å². The van der Waals surface area contributed by atoms with E-state index in [1.807, 2.05) is 0 Å². The van der Waals surface area contributed by atoms with Crippen LogP contribution < -0.4 is 5.32 Å². The Morgan fingerprint density at radius 2 is 2.00 bits per heavy atom. The molecule has 0 aliphatic rings. The number of hydrogen-bond donors (Lipinski definition) is 2. The minimum Gasteiger partial charge on any atom is -0.501 e. The highest BCUT2D eigenvalue weighted by Gasteiger charge is 2.18. The highest BCUT2D eigenvalue weighted by atomic mass is 127. The first kappa shape index (κ1) is 17.4. The van der Waals surface area contributed by atoms with Crippen molar-refractivity contribution in [3.05, 3.63) is 67.3 Å². The topological polar surface area (TPSA) is 116 Å². The molecule has 2 aromatic carbocycles. The van der Waals surface area contributed by atoms with Gasteiger partial charge in [-0.1, -0.05) is 18.2 Å². The summed E-state index contributed by atoms with van der Waals surface area (Å²) in [5.41, 5.74) is 0.0853. The van der Waals surface area contributed by atoms with E-state index >= 15 is 0 Å². The molecule has 0 aliphatic carbocycles. The summed E-state index contributed by atoms with van der Waals surface area (Å²) in [7, 11) is 0. The number of benzene rings is 2. The van der Waals surface area contributed by atoms with Gasteiger partial charge in [-0.05, 0) is 52.4 Å². The molecule has 0 unspecified atom stereocenters. The van der Waals surface area contributed by atoms with E-state index in [9.17, 15) is 25.3 Å². The van der Waals surface area contributed by atoms with Gasteiger partial charge in [0.1, 0.15) is 11.6 Å². The van der Waals surface area contributed by atoms with Gasteiger partial charge in [0.15, 0.2) is 0 Å². The zero-order valence-corrected chi connectivity index (χ0v) is 14.2. The number of nitro groups is 1. The zero-order chi connectivity index (χ0) is 17.7. The first-order chi connectivity index (χ1) is 11.4. The third-order valence-corrected chi connectivity index (χ3v) is 3.79. The second-order valence-corrected chi connectivity index (χ2v) is 5.78. The maximum atomic E-state index is 12.1. The van der Waals surface area contributed by atoms with Crippen molar-refractivity contribution in [3.8, 4) is 11.8 Å². The summed E-state index contributed by atoms with van der Waals surface area (Å²) in [5.74, 6) is -1.08. The average Bonchev–Trinajstić information content (AvgIpc) is 2.56. The molecule has 120 valence electrons. The summed E-state index contributed by atoms with van der Waals surface area (Å²) in [4.78, 5) is 22.3. The second-order valence-electron chi connectivity index (χ2n) is 4.62. The fourth-order valence-corrected chi connectivity index (χ4v) is 2.50. The molecule has 1 amide bonds. The Balaban J connectivity index is 2.35. The minimum atomic E-state index is -0.731. The predicted octanol–water partition coefficient (Wildman–Crippen LogP) is 3.45. The molecule has 2 N–H and O–H groups in total. The van der Waals surface area contributed by atoms with Crippen LogP contribution >= 0.6 is 22.6 Å². The third-order valence-electron chi connectivity index (χ3n) is 2.97. The Morgan fingerprint density at radius 1 is 1.33 bits per heavy atom. The molecular weight excluding hydrogens is 425 g/mol. The van der Waals surface area contributed by atoms with Gasteiger partial charge in [0.2, 0.25) is 5.75 Å². The fourth-order valence-electron chi connectivity index (χ4n) is 1.86. The highest BCUT2D eigenvalue weighted by molar-refractivity contribution is 14.1. The number of nitrogens with zero attached hydrogens (tertiary/aromatic N) is 2. The number of phenolic OH excluding ortho intramolecular Hbond substituents is 1. The maximum absolute atomic E-state index is 12.1. The summed E-state index contributed by atoms with van der Waals surface area (Å²) < 4.78 is 0.244. The predicted molar refractivity (Wildman–Crippen MR) is 96.1 cm³/mol. The van der Waals surface area contributed by atoms with Gasteiger partial charge in [-0.15, -0.1) is 0 Å². The summed E-state index contributed by atoms with van der Waals surface area (Å²) in [6.07, 6.45) is 1.23. The molecule has 0 heterocycles. The standard InChI is InChI=1S/C16H10IN3O4/c17-13-7-10(8-14(15(13)21)20(23)24)6-11(9-18)16(22)19-12-4-2-1-3-5-12/h1-8,21H,(H,19,22)/b11-6+. The third kappa shape index (κ3) is 4.08. The Bertz CT molecular complexity index is 873. The van der Waals surface area contributed by atoms with E-state index in [1.165, 1.54) is 12.1 Å². The number of carbonyl (C=O) groups is 1. The monoisotopic (exact) mass is 435 g/mol. The first-order valence-corrected chi connectivity index (χ1v) is 7.65. The van der Waals surface area contributed by atoms with Crippen molar-refractivity contribution in [3.63, 3.8) is 0 Å². The summed E-state index contributed by atoms with van der Waals surface area (Å²) in [6, 6.07) is 12.9. The first-order valence-electron chi connectivity index (χ1n) is 6.57. The Kier molecular flexibility index (Phi) is 5.49. The quantitative estimate of drug-likeness (QED) is 0.251. The number of nitrogens with one attached hydrogen (secondary N) is 1. The van der Waals surface area contributed by atoms with Crippen molar-refractivity contribution in [1.29, 1.82) is 5.26 Å². The van der Waals surface area contributed by atoms with Crippen molar-refractivity contribution in [1.82, 2.24) is 0 Å². The lowest BCUT2D eigenvalue weighted by atomic mass is 10.1. The number of nitro benzene ring substituents is 1. The molecule has 0 fully saturated rings. The van der Waals surface area contributed by atoms with Crippen molar-refractivity contribution in [2.45, 2.75) is 0 Å². The van der Waals surface area contributed by atoms with E-state index in [4.69, 9.17) is 0 Å². The van der Waals surface area contributed by atoms with Gasteiger partial charge in [0.05, 0.1) is 8.49 Å². The molecule has 0 saturated carbocycles. The lowest BCUT2D eigenvalue weighted by molar-refractivity contribution is -0.386. The van der Waals surface area contributed by atoms with Crippen molar-refractivity contribution >= 4 is 45.9 Å². The van der Waals surface area contributed by atoms with Crippen LogP contribution in [0.15, 0.2) is 48.0 Å². The molecule has 0 aromatic heterocycles. The van der Waals surface area contributed by atoms with E-state index in [-0.39, 0.29) is 14.7 Å². The van der Waals surface area contributed by atoms with Crippen LogP contribution in [0.3, 0.4) is 0 Å². The summed E-state index contributed by atoms with van der Waals surface area (Å²) in [5, 5.41) is 32.3. The number of amides is 1. The maximum Gasteiger partial charge on any atom is 0.312 e. The van der Waals surface area contributed by atoms with Crippen LogP contribution in [-0.4, -0.2) is 15.9 Å². The number of phenols is 1. The van der Waals surface area contributed by atoms with Gasteiger partial charge in [-0.3, -0.25) is 14.9 Å².